The first-order chi connectivity index (χ1) is 14.6. The maximum Gasteiger partial charge on any atom is 0.534 e. The van der Waals surface area contributed by atoms with E-state index < -0.39 is 27.3 Å². The van der Waals surface area contributed by atoms with Crippen LogP contribution in [-0.2, 0) is 24.4 Å². The molecule has 7 nitrogen and oxygen atoms in total. The number of hydrogen-bond donors (Lipinski definition) is 1. The van der Waals surface area contributed by atoms with Gasteiger partial charge in [0.25, 0.3) is 6.47 Å². The Bertz CT molecular complexity index is 820. The van der Waals surface area contributed by atoms with Gasteiger partial charge in [0, 0.05) is 23.9 Å². The maximum absolute atomic E-state index is 12.8. The molecule has 1 N–H and O–H groups in total. The van der Waals surface area contributed by atoms with Crippen molar-refractivity contribution in [3.05, 3.63) is 23.3 Å². The van der Waals surface area contributed by atoms with Crippen LogP contribution >= 0.6 is 0 Å². The van der Waals surface area contributed by atoms with Gasteiger partial charge in [-0.25, -0.2) is 0 Å². The number of halogens is 3. The van der Waals surface area contributed by atoms with Crippen LogP contribution in [0.2, 0.25) is 0 Å². The smallest absolute Gasteiger partial charge is 0.468 e. The molecule has 186 valence electrons. The summed E-state index contributed by atoms with van der Waals surface area (Å²) >= 11 is 0. The summed E-state index contributed by atoms with van der Waals surface area (Å²) in [6.45, 7) is 14.0. The molecule has 1 aromatic carbocycles. The average molecular weight is 486 g/mol. The Balaban J connectivity index is 0.00000172. The van der Waals surface area contributed by atoms with Crippen molar-refractivity contribution in [1.29, 1.82) is 0 Å². The van der Waals surface area contributed by atoms with Crippen LogP contribution in [0, 0.1) is 6.92 Å². The highest BCUT2D eigenvalue weighted by Gasteiger charge is 2.49. The van der Waals surface area contributed by atoms with Gasteiger partial charge >= 0.3 is 15.6 Å². The third-order valence-corrected chi connectivity index (χ3v) is 4.83. The third-order valence-electron chi connectivity index (χ3n) is 3.86. The highest BCUT2D eigenvalue weighted by atomic mass is 32.2. The van der Waals surface area contributed by atoms with E-state index in [1.54, 1.807) is 47.6 Å². The fraction of sp³-hybridized carbons (Fsp3) is 0.667. The number of carbonyl (C=O) groups is 1. The van der Waals surface area contributed by atoms with Crippen molar-refractivity contribution in [3.8, 4) is 5.75 Å². The quantitative estimate of drug-likeness (QED) is 0.203. The van der Waals surface area contributed by atoms with E-state index in [9.17, 15) is 26.4 Å². The van der Waals surface area contributed by atoms with E-state index in [0.29, 0.717) is 30.9 Å². The first-order valence-corrected chi connectivity index (χ1v) is 11.6. The zero-order valence-electron chi connectivity index (χ0n) is 19.6. The number of aryl methyl sites for hydroxylation is 1. The highest BCUT2D eigenvalue weighted by Crippen LogP contribution is 2.38. The van der Waals surface area contributed by atoms with E-state index >= 15 is 0 Å². The molecular weight excluding hydrogens is 451 g/mol. The second-order valence-electron chi connectivity index (χ2n) is 7.89. The van der Waals surface area contributed by atoms with Gasteiger partial charge in [-0.05, 0) is 59.6 Å². The number of benzene rings is 1. The van der Waals surface area contributed by atoms with Crippen LogP contribution in [0.1, 0.15) is 71.6 Å². The summed E-state index contributed by atoms with van der Waals surface area (Å²) in [5, 5.41) is 3.07. The molecule has 1 atom stereocenters. The fourth-order valence-corrected chi connectivity index (χ4v) is 3.16. The minimum atomic E-state index is -5.79. The van der Waals surface area contributed by atoms with Crippen molar-refractivity contribution < 1.29 is 40.0 Å². The minimum Gasteiger partial charge on any atom is -0.468 e. The van der Waals surface area contributed by atoms with Gasteiger partial charge in [-0.15, -0.1) is 0 Å². The molecule has 0 bridgehead atoms. The van der Waals surface area contributed by atoms with Crippen LogP contribution in [-0.4, -0.2) is 39.2 Å². The normalized spacial score (nSPS) is 12.9. The molecular formula is C21H34F3NO6S. The summed E-state index contributed by atoms with van der Waals surface area (Å²) < 4.78 is 76.0. The van der Waals surface area contributed by atoms with E-state index in [1.807, 2.05) is 6.92 Å². The van der Waals surface area contributed by atoms with E-state index in [4.69, 9.17) is 4.74 Å². The molecule has 0 saturated carbocycles. The molecule has 0 aromatic heterocycles. The molecule has 0 aliphatic carbocycles. The van der Waals surface area contributed by atoms with Crippen molar-refractivity contribution in [3.63, 3.8) is 0 Å². The largest absolute Gasteiger partial charge is 0.534 e. The van der Waals surface area contributed by atoms with E-state index in [-0.39, 0.29) is 11.3 Å². The standard InChI is InChI=1S/C18H28F3NO4S.C3H6O2/c1-7-8-9-22-14-10-12(2)16(13(3)25-17(4,5)6)15(11-14)26-27(23,24)18(19,20)21;1-2-5-3-4/h10-11,13,22H,7-9H2,1-6H3;3H,2H2,1H3. The van der Waals surface area contributed by atoms with Crippen LogP contribution in [0.15, 0.2) is 12.1 Å². The van der Waals surface area contributed by atoms with Crippen LogP contribution in [0.5, 0.6) is 5.75 Å². The van der Waals surface area contributed by atoms with Gasteiger partial charge in [0.15, 0.2) is 5.75 Å². The van der Waals surface area contributed by atoms with Crippen molar-refractivity contribution in [2.24, 2.45) is 0 Å². The number of alkyl halides is 3. The zero-order chi connectivity index (χ0) is 25.2. The fourth-order valence-electron chi connectivity index (χ4n) is 2.69. The van der Waals surface area contributed by atoms with Gasteiger partial charge in [-0.3, -0.25) is 4.79 Å². The van der Waals surface area contributed by atoms with E-state index in [2.05, 4.69) is 14.2 Å². The summed E-state index contributed by atoms with van der Waals surface area (Å²) in [4.78, 5) is 9.18. The van der Waals surface area contributed by atoms with Crippen LogP contribution in [0.25, 0.3) is 0 Å². The molecule has 0 aliphatic heterocycles. The van der Waals surface area contributed by atoms with Gasteiger partial charge in [0.05, 0.1) is 18.3 Å². The zero-order valence-corrected chi connectivity index (χ0v) is 20.4. The SMILES string of the molecule is CCCCNc1cc(C)c(C(C)OC(C)(C)C)c(OS(=O)(=O)C(F)(F)F)c1.CCOC=O. The molecule has 0 radical (unpaired) electrons. The van der Waals surface area contributed by atoms with Gasteiger partial charge < -0.3 is 19.0 Å². The molecule has 0 amide bonds. The number of hydrogen-bond acceptors (Lipinski definition) is 7. The first-order valence-electron chi connectivity index (χ1n) is 10.2. The lowest BCUT2D eigenvalue weighted by molar-refractivity contribution is -0.128. The predicted octanol–water partition coefficient (Wildman–Crippen LogP) is 5.49. The summed E-state index contributed by atoms with van der Waals surface area (Å²) in [5.74, 6) is -0.386. The molecule has 0 saturated heterocycles. The number of carbonyl (C=O) groups excluding carboxylic acids is 1. The van der Waals surface area contributed by atoms with Gasteiger partial charge in [0.1, 0.15) is 0 Å². The first kappa shape index (κ1) is 30.0. The Hall–Kier alpha value is -2.01. The topological polar surface area (TPSA) is 90.9 Å². The average Bonchev–Trinajstić information content (AvgIpc) is 2.60. The predicted molar refractivity (Wildman–Crippen MR) is 117 cm³/mol. The van der Waals surface area contributed by atoms with E-state index in [0.717, 1.165) is 12.8 Å². The maximum atomic E-state index is 12.8. The second kappa shape index (κ2) is 12.9. The van der Waals surface area contributed by atoms with Crippen LogP contribution < -0.4 is 9.50 Å². The van der Waals surface area contributed by atoms with Gasteiger partial charge in [-0.1, -0.05) is 13.3 Å². The number of ether oxygens (including phenoxy) is 2. The lowest BCUT2D eigenvalue weighted by Crippen LogP contribution is -2.29. The Morgan fingerprint density at radius 3 is 2.16 bits per heavy atom. The molecule has 0 aliphatic rings. The molecule has 1 aromatic rings. The molecule has 32 heavy (non-hydrogen) atoms. The Morgan fingerprint density at radius 1 is 1.16 bits per heavy atom. The monoisotopic (exact) mass is 485 g/mol. The molecule has 0 fully saturated rings. The third kappa shape index (κ3) is 10.5. The second-order valence-corrected chi connectivity index (χ2v) is 9.43. The summed E-state index contributed by atoms with van der Waals surface area (Å²) in [6, 6.07) is 3.00. The summed E-state index contributed by atoms with van der Waals surface area (Å²) in [6.07, 6.45) is 1.13. The van der Waals surface area contributed by atoms with Crippen molar-refractivity contribution >= 4 is 22.3 Å². The van der Waals surface area contributed by atoms with Crippen LogP contribution in [0.4, 0.5) is 18.9 Å². The molecule has 1 rings (SSSR count). The number of rotatable bonds is 10. The highest BCUT2D eigenvalue weighted by molar-refractivity contribution is 7.88. The Labute approximate surface area is 188 Å². The lowest BCUT2D eigenvalue weighted by Gasteiger charge is -2.28. The summed E-state index contributed by atoms with van der Waals surface area (Å²) in [5.41, 5.74) is -4.78. The number of unbranched alkanes of at least 4 members (excludes halogenated alkanes) is 1. The molecule has 0 heterocycles. The molecule has 11 heteroatoms. The van der Waals surface area contributed by atoms with Gasteiger partial charge in [0.2, 0.25) is 0 Å². The van der Waals surface area contributed by atoms with E-state index in [1.165, 1.54) is 6.07 Å². The van der Waals surface area contributed by atoms with Crippen molar-refractivity contribution in [2.75, 3.05) is 18.5 Å². The van der Waals surface area contributed by atoms with Crippen molar-refractivity contribution in [2.45, 2.75) is 78.5 Å². The number of anilines is 1. The molecule has 0 spiro atoms. The minimum absolute atomic E-state index is 0.263. The molecule has 1 unspecified atom stereocenters. The van der Waals surface area contributed by atoms with Crippen molar-refractivity contribution in [1.82, 2.24) is 0 Å². The number of nitrogens with one attached hydrogen (secondary N) is 1. The van der Waals surface area contributed by atoms with Gasteiger partial charge in [-0.2, -0.15) is 21.6 Å². The Kier molecular flexibility index (Phi) is 12.1. The summed E-state index contributed by atoms with van der Waals surface area (Å²) in [7, 11) is -5.79. The Morgan fingerprint density at radius 2 is 1.75 bits per heavy atom. The lowest BCUT2D eigenvalue weighted by atomic mass is 10.0. The van der Waals surface area contributed by atoms with Crippen LogP contribution in [0.3, 0.4) is 0 Å².